The highest BCUT2D eigenvalue weighted by Gasteiger charge is 2.27. The van der Waals surface area contributed by atoms with Crippen LogP contribution in [0.2, 0.25) is 0 Å². The molecule has 8 heteroatoms. The molecule has 0 aromatic heterocycles. The van der Waals surface area contributed by atoms with E-state index in [1.54, 1.807) is 6.07 Å². The fraction of sp³-hybridized carbons (Fsp3) is 0.571. The Balaban J connectivity index is 0.00000220. The molecule has 0 unspecified atom stereocenters. The van der Waals surface area contributed by atoms with E-state index in [9.17, 15) is 14.5 Å². The van der Waals surface area contributed by atoms with E-state index in [2.05, 4.69) is 17.1 Å². The van der Waals surface area contributed by atoms with Crippen molar-refractivity contribution >= 4 is 30.5 Å². The van der Waals surface area contributed by atoms with Crippen LogP contribution in [0.15, 0.2) is 18.2 Å². The first-order valence-electron chi connectivity index (χ1n) is 7.02. The molecule has 0 radical (unpaired) electrons. The van der Waals surface area contributed by atoms with Gasteiger partial charge in [0.1, 0.15) is 5.82 Å². The van der Waals surface area contributed by atoms with Crippen LogP contribution in [0.3, 0.4) is 0 Å². The third kappa shape index (κ3) is 5.05. The quantitative estimate of drug-likeness (QED) is 0.651. The molecule has 1 aliphatic heterocycles. The third-order valence-electron chi connectivity index (χ3n) is 3.70. The van der Waals surface area contributed by atoms with E-state index >= 15 is 0 Å². The lowest BCUT2D eigenvalue weighted by Gasteiger charge is -2.35. The molecular formula is C14H22Cl2FN3O2. The van der Waals surface area contributed by atoms with E-state index < -0.39 is 10.7 Å². The van der Waals surface area contributed by atoms with Crippen LogP contribution >= 0.6 is 24.8 Å². The zero-order chi connectivity index (χ0) is 14.5. The van der Waals surface area contributed by atoms with Crippen LogP contribution in [-0.4, -0.2) is 36.0 Å². The van der Waals surface area contributed by atoms with Crippen molar-refractivity contribution in [2.75, 3.05) is 26.2 Å². The molecule has 5 nitrogen and oxygen atoms in total. The first-order valence-corrected chi connectivity index (χ1v) is 7.02. The highest BCUT2D eigenvalue weighted by Crippen LogP contribution is 2.33. The van der Waals surface area contributed by atoms with Gasteiger partial charge in [-0.1, -0.05) is 13.3 Å². The van der Waals surface area contributed by atoms with Gasteiger partial charge in [0, 0.05) is 37.8 Å². The fourth-order valence-corrected chi connectivity index (χ4v) is 2.76. The van der Waals surface area contributed by atoms with Gasteiger partial charge >= 0.3 is 0 Å². The zero-order valence-electron chi connectivity index (χ0n) is 12.5. The average molecular weight is 354 g/mol. The van der Waals surface area contributed by atoms with Gasteiger partial charge in [-0.25, -0.2) is 4.39 Å². The molecule has 1 atom stereocenters. The van der Waals surface area contributed by atoms with Crippen LogP contribution in [0.1, 0.15) is 31.4 Å². The first-order chi connectivity index (χ1) is 9.63. The molecule has 0 aliphatic carbocycles. The molecular weight excluding hydrogens is 332 g/mol. The summed E-state index contributed by atoms with van der Waals surface area (Å²) in [6.07, 6.45) is 1.77. The van der Waals surface area contributed by atoms with Gasteiger partial charge in [-0.2, -0.15) is 0 Å². The van der Waals surface area contributed by atoms with E-state index in [0.29, 0.717) is 5.56 Å². The minimum absolute atomic E-state index is 0. The Hall–Kier alpha value is -0.950. The summed E-state index contributed by atoms with van der Waals surface area (Å²) in [5, 5.41) is 14.4. The largest absolute Gasteiger partial charge is 0.314 e. The molecule has 126 valence electrons. The van der Waals surface area contributed by atoms with Crippen LogP contribution < -0.4 is 5.32 Å². The molecule has 1 aromatic rings. The molecule has 0 bridgehead atoms. The van der Waals surface area contributed by atoms with Gasteiger partial charge in [0.2, 0.25) is 0 Å². The van der Waals surface area contributed by atoms with Gasteiger partial charge in [-0.3, -0.25) is 15.0 Å². The molecule has 2 rings (SSSR count). The molecule has 0 spiro atoms. The molecule has 1 N–H and O–H groups in total. The smallest absolute Gasteiger partial charge is 0.277 e. The molecule has 0 saturated carbocycles. The highest BCUT2D eigenvalue weighted by molar-refractivity contribution is 5.85. The molecule has 1 fully saturated rings. The third-order valence-corrected chi connectivity index (χ3v) is 3.70. The molecule has 1 aromatic carbocycles. The summed E-state index contributed by atoms with van der Waals surface area (Å²) in [5.41, 5.74) is 0.516. The van der Waals surface area contributed by atoms with E-state index in [1.807, 2.05) is 0 Å². The van der Waals surface area contributed by atoms with E-state index in [0.717, 1.165) is 45.1 Å². The number of hydrogen-bond acceptors (Lipinski definition) is 4. The second-order valence-corrected chi connectivity index (χ2v) is 5.05. The van der Waals surface area contributed by atoms with Crippen molar-refractivity contribution in [2.24, 2.45) is 0 Å². The van der Waals surface area contributed by atoms with E-state index in [4.69, 9.17) is 0 Å². The monoisotopic (exact) mass is 353 g/mol. The van der Waals surface area contributed by atoms with Crippen molar-refractivity contribution in [3.63, 3.8) is 0 Å². The predicted molar refractivity (Wildman–Crippen MR) is 89.6 cm³/mol. The summed E-state index contributed by atoms with van der Waals surface area (Å²) in [6.45, 7) is 5.55. The maximum atomic E-state index is 13.3. The van der Waals surface area contributed by atoms with Gasteiger partial charge in [0.15, 0.2) is 0 Å². The summed E-state index contributed by atoms with van der Waals surface area (Å²) in [5.74, 6) is -0.559. The maximum Gasteiger partial charge on any atom is 0.277 e. The van der Waals surface area contributed by atoms with E-state index in [1.165, 1.54) is 6.07 Å². The molecule has 0 amide bonds. The molecule has 1 saturated heterocycles. The SMILES string of the molecule is CCC[C@H](c1ccc(F)cc1[N+](=O)[O-])N1CCNCC1.Cl.Cl. The predicted octanol–water partition coefficient (Wildman–Crippen LogP) is 3.32. The number of nitro groups is 1. The Kier molecular flexibility index (Phi) is 9.51. The maximum absolute atomic E-state index is 13.3. The normalized spacial score (nSPS) is 16.3. The number of piperazine rings is 1. The topological polar surface area (TPSA) is 58.4 Å². The first kappa shape index (κ1) is 21.0. The molecule has 22 heavy (non-hydrogen) atoms. The van der Waals surface area contributed by atoms with Gasteiger partial charge in [0.05, 0.1) is 11.0 Å². The van der Waals surface area contributed by atoms with Crippen molar-refractivity contribution in [3.05, 3.63) is 39.7 Å². The minimum Gasteiger partial charge on any atom is -0.314 e. The summed E-state index contributed by atoms with van der Waals surface area (Å²) < 4.78 is 13.3. The van der Waals surface area contributed by atoms with E-state index in [-0.39, 0.29) is 36.5 Å². The molecule has 1 aliphatic rings. The lowest BCUT2D eigenvalue weighted by molar-refractivity contribution is -0.386. The Bertz CT molecular complexity index is 485. The number of rotatable bonds is 5. The number of nitrogens with zero attached hydrogens (tertiary/aromatic N) is 2. The zero-order valence-corrected chi connectivity index (χ0v) is 14.1. The van der Waals surface area contributed by atoms with Crippen LogP contribution in [0.5, 0.6) is 0 Å². The van der Waals surface area contributed by atoms with Gasteiger partial charge < -0.3 is 5.32 Å². The highest BCUT2D eigenvalue weighted by atomic mass is 35.5. The minimum atomic E-state index is -0.559. The number of nitro benzene ring substituents is 1. The molecule has 1 heterocycles. The summed E-state index contributed by atoms with van der Waals surface area (Å²) in [7, 11) is 0. The van der Waals surface area contributed by atoms with Crippen molar-refractivity contribution in [3.8, 4) is 0 Å². The second kappa shape index (κ2) is 9.94. The van der Waals surface area contributed by atoms with Crippen molar-refractivity contribution in [1.29, 1.82) is 0 Å². The number of nitrogens with one attached hydrogen (secondary N) is 1. The van der Waals surface area contributed by atoms with Gasteiger partial charge in [-0.15, -0.1) is 24.8 Å². The van der Waals surface area contributed by atoms with Crippen molar-refractivity contribution in [2.45, 2.75) is 25.8 Å². The lowest BCUT2D eigenvalue weighted by atomic mass is 9.98. The Morgan fingerprint density at radius 2 is 2.00 bits per heavy atom. The van der Waals surface area contributed by atoms with Gasteiger partial charge in [0.25, 0.3) is 5.69 Å². The number of halogens is 3. The van der Waals surface area contributed by atoms with Crippen molar-refractivity contribution in [1.82, 2.24) is 10.2 Å². The Morgan fingerprint density at radius 3 is 2.55 bits per heavy atom. The number of benzene rings is 1. The van der Waals surface area contributed by atoms with Gasteiger partial charge in [-0.05, 0) is 18.6 Å². The summed E-state index contributed by atoms with van der Waals surface area (Å²) in [4.78, 5) is 12.9. The summed E-state index contributed by atoms with van der Waals surface area (Å²) >= 11 is 0. The van der Waals surface area contributed by atoms with Crippen LogP contribution in [-0.2, 0) is 0 Å². The fourth-order valence-electron chi connectivity index (χ4n) is 2.76. The lowest BCUT2D eigenvalue weighted by Crippen LogP contribution is -2.45. The van der Waals surface area contributed by atoms with Crippen LogP contribution in [0.25, 0.3) is 0 Å². The second-order valence-electron chi connectivity index (χ2n) is 5.05. The summed E-state index contributed by atoms with van der Waals surface area (Å²) in [6, 6.07) is 3.89. The average Bonchev–Trinajstić information content (AvgIpc) is 2.46. The standard InChI is InChI=1S/C14H20FN3O2.2ClH/c1-2-3-13(17-8-6-16-7-9-17)12-5-4-11(15)10-14(12)18(19)20;;/h4-5,10,13,16H,2-3,6-9H2,1H3;2*1H/t13-;;/m1../s1. The Morgan fingerprint density at radius 1 is 1.36 bits per heavy atom. The number of hydrogen-bond donors (Lipinski definition) is 1. The van der Waals surface area contributed by atoms with Crippen LogP contribution in [0.4, 0.5) is 10.1 Å². The van der Waals surface area contributed by atoms with Crippen LogP contribution in [0, 0.1) is 15.9 Å². The Labute approximate surface area is 142 Å². The van der Waals surface area contributed by atoms with Crippen molar-refractivity contribution < 1.29 is 9.31 Å².